The molecule has 1 fully saturated rings. The molecule has 0 radical (unpaired) electrons. The number of nitrogens with two attached hydrogens (primary N) is 3. The first-order valence-electron chi connectivity index (χ1n) is 8.98. The van der Waals surface area contributed by atoms with Gasteiger partial charge in [0.2, 0.25) is 0 Å². The van der Waals surface area contributed by atoms with E-state index in [1.165, 1.54) is 17.2 Å². The van der Waals surface area contributed by atoms with E-state index in [2.05, 4.69) is 15.0 Å². The second-order valence-electron chi connectivity index (χ2n) is 7.00. The van der Waals surface area contributed by atoms with Crippen molar-refractivity contribution in [2.45, 2.75) is 62.3 Å². The van der Waals surface area contributed by atoms with Crippen LogP contribution in [0.2, 0.25) is 0 Å². The van der Waals surface area contributed by atoms with E-state index in [9.17, 15) is 15.0 Å². The number of ether oxygens (including phenoxy) is 1. The summed E-state index contributed by atoms with van der Waals surface area (Å²) in [5.41, 5.74) is 18.1. The predicted octanol–water partition coefficient (Wildman–Crippen LogP) is -1.67. The van der Waals surface area contributed by atoms with Gasteiger partial charge in [-0.05, 0) is 25.7 Å². The molecule has 12 heteroatoms. The number of aliphatic hydroxyl groups is 2. The normalized spacial score (nSPS) is 27.1. The van der Waals surface area contributed by atoms with E-state index in [1.807, 2.05) is 0 Å². The molecule has 2 aromatic heterocycles. The molecule has 154 valence electrons. The van der Waals surface area contributed by atoms with Crippen molar-refractivity contribution < 1.29 is 24.9 Å². The molecular weight excluding hydrogens is 370 g/mol. The Morgan fingerprint density at radius 1 is 1.21 bits per heavy atom. The molecule has 0 bridgehead atoms. The molecule has 2 aromatic rings. The number of rotatable bonds is 8. The van der Waals surface area contributed by atoms with Gasteiger partial charge in [-0.2, -0.15) is 0 Å². The summed E-state index contributed by atoms with van der Waals surface area (Å²) in [6.45, 7) is 0. The van der Waals surface area contributed by atoms with Crippen molar-refractivity contribution >= 4 is 23.0 Å². The van der Waals surface area contributed by atoms with Crippen molar-refractivity contribution in [2.24, 2.45) is 11.5 Å². The molecule has 28 heavy (non-hydrogen) atoms. The number of imidazole rings is 1. The van der Waals surface area contributed by atoms with Crippen molar-refractivity contribution in [3.05, 3.63) is 12.7 Å². The Balaban J connectivity index is 1.62. The zero-order chi connectivity index (χ0) is 20.4. The Labute approximate surface area is 160 Å². The van der Waals surface area contributed by atoms with Gasteiger partial charge >= 0.3 is 5.97 Å². The molecule has 12 nitrogen and oxygen atoms in total. The highest BCUT2D eigenvalue weighted by molar-refractivity contribution is 5.81. The Kier molecular flexibility index (Phi) is 6.05. The third kappa shape index (κ3) is 4.05. The number of carbonyl (C=O) groups is 1. The number of hydrogen-bond acceptors (Lipinski definition) is 10. The van der Waals surface area contributed by atoms with Gasteiger partial charge in [-0.25, -0.2) is 15.0 Å². The lowest BCUT2D eigenvalue weighted by atomic mass is 9.98. The maximum absolute atomic E-state index is 10.7. The molecule has 6 atom stereocenters. The van der Waals surface area contributed by atoms with Crippen molar-refractivity contribution in [1.29, 1.82) is 0 Å². The molecule has 0 saturated carbocycles. The van der Waals surface area contributed by atoms with Gasteiger partial charge in [0, 0.05) is 6.04 Å². The molecule has 3 rings (SSSR count). The smallest absolute Gasteiger partial charge is 0.320 e. The minimum absolute atomic E-state index is 0.204. The Hall–Kier alpha value is -2.38. The van der Waals surface area contributed by atoms with E-state index in [-0.39, 0.29) is 11.9 Å². The zero-order valence-electron chi connectivity index (χ0n) is 15.1. The van der Waals surface area contributed by atoms with Crippen LogP contribution in [0.5, 0.6) is 0 Å². The van der Waals surface area contributed by atoms with Crippen LogP contribution in [-0.2, 0) is 9.53 Å². The van der Waals surface area contributed by atoms with E-state index in [0.29, 0.717) is 36.8 Å². The lowest BCUT2D eigenvalue weighted by Gasteiger charge is -2.19. The topological polar surface area (TPSA) is 209 Å². The van der Waals surface area contributed by atoms with Crippen LogP contribution in [-0.4, -0.2) is 71.2 Å². The number of carboxylic acid groups (broad SMARTS) is 1. The quantitative estimate of drug-likeness (QED) is 0.297. The number of carboxylic acids is 1. The Morgan fingerprint density at radius 2 is 1.96 bits per heavy atom. The van der Waals surface area contributed by atoms with Crippen molar-refractivity contribution in [3.63, 3.8) is 0 Å². The van der Waals surface area contributed by atoms with Gasteiger partial charge in [0.15, 0.2) is 17.7 Å². The summed E-state index contributed by atoms with van der Waals surface area (Å²) in [7, 11) is 0. The maximum Gasteiger partial charge on any atom is 0.320 e. The van der Waals surface area contributed by atoms with Crippen LogP contribution in [0, 0.1) is 0 Å². The summed E-state index contributed by atoms with van der Waals surface area (Å²) in [5.74, 6) is -0.846. The fourth-order valence-corrected chi connectivity index (χ4v) is 3.35. The van der Waals surface area contributed by atoms with Crippen molar-refractivity contribution in [1.82, 2.24) is 19.5 Å². The molecule has 0 spiro atoms. The van der Waals surface area contributed by atoms with E-state index < -0.39 is 36.6 Å². The summed E-state index contributed by atoms with van der Waals surface area (Å²) in [5, 5.41) is 29.6. The lowest BCUT2D eigenvalue weighted by molar-refractivity contribution is -0.138. The van der Waals surface area contributed by atoms with Gasteiger partial charge in [0.05, 0.1) is 12.4 Å². The predicted molar refractivity (Wildman–Crippen MR) is 97.7 cm³/mol. The Bertz CT molecular complexity index is 831. The second-order valence-corrected chi connectivity index (χ2v) is 7.00. The molecule has 1 saturated heterocycles. The van der Waals surface area contributed by atoms with Gasteiger partial charge < -0.3 is 37.3 Å². The molecule has 2 unspecified atom stereocenters. The highest BCUT2D eigenvalue weighted by Crippen LogP contribution is 2.33. The standard InChI is InChI=1S/C16H25N7O5/c17-7(2-1-3-8(18)16(26)27)4-9-11(24)12(25)15(28-9)23-6-22-10-13(19)20-5-21-14(10)23/h5-9,11-12,15,24-25H,1-4,17-18H2,(H,26,27)(H2,19,20,21)/t7-,8-,9+,11?,12?,15+/m0/s1. The fourth-order valence-electron chi connectivity index (χ4n) is 3.35. The zero-order valence-corrected chi connectivity index (χ0v) is 15.1. The fraction of sp³-hybridized carbons (Fsp3) is 0.625. The summed E-state index contributed by atoms with van der Waals surface area (Å²) in [4.78, 5) is 22.8. The molecular formula is C16H25N7O5. The van der Waals surface area contributed by atoms with Gasteiger partial charge in [-0.3, -0.25) is 9.36 Å². The number of hydrogen-bond donors (Lipinski definition) is 6. The first-order valence-corrected chi connectivity index (χ1v) is 8.98. The van der Waals surface area contributed by atoms with Crippen molar-refractivity contribution in [2.75, 3.05) is 5.73 Å². The largest absolute Gasteiger partial charge is 0.480 e. The molecule has 0 aromatic carbocycles. The summed E-state index contributed by atoms with van der Waals surface area (Å²) < 4.78 is 7.34. The average Bonchev–Trinajstić information content (AvgIpc) is 3.19. The minimum atomic E-state index is -1.20. The summed E-state index contributed by atoms with van der Waals surface area (Å²) in [6, 6.07) is -1.26. The van der Waals surface area contributed by atoms with Crippen LogP contribution >= 0.6 is 0 Å². The van der Waals surface area contributed by atoms with Gasteiger partial charge in [0.25, 0.3) is 0 Å². The van der Waals surface area contributed by atoms with Gasteiger partial charge in [-0.1, -0.05) is 0 Å². The van der Waals surface area contributed by atoms with Crippen LogP contribution in [0.1, 0.15) is 31.9 Å². The van der Waals surface area contributed by atoms with Crippen LogP contribution < -0.4 is 17.2 Å². The van der Waals surface area contributed by atoms with E-state index >= 15 is 0 Å². The molecule has 0 amide bonds. The number of nitrogen functional groups attached to an aromatic ring is 1. The average molecular weight is 395 g/mol. The molecule has 3 heterocycles. The third-order valence-electron chi connectivity index (χ3n) is 4.94. The van der Waals surface area contributed by atoms with Gasteiger partial charge in [-0.15, -0.1) is 0 Å². The number of anilines is 1. The number of aromatic nitrogens is 4. The number of nitrogens with zero attached hydrogens (tertiary/aromatic N) is 4. The summed E-state index contributed by atoms with van der Waals surface area (Å²) in [6.07, 6.45) is 0.421. The van der Waals surface area contributed by atoms with Crippen LogP contribution in [0.25, 0.3) is 11.2 Å². The molecule has 9 N–H and O–H groups in total. The van der Waals surface area contributed by atoms with Crippen LogP contribution in [0.3, 0.4) is 0 Å². The van der Waals surface area contributed by atoms with Crippen LogP contribution in [0.15, 0.2) is 12.7 Å². The first kappa shape index (κ1) is 20.4. The molecule has 0 aliphatic carbocycles. The van der Waals surface area contributed by atoms with E-state index in [1.54, 1.807) is 0 Å². The van der Waals surface area contributed by atoms with E-state index in [4.69, 9.17) is 27.0 Å². The first-order chi connectivity index (χ1) is 13.3. The number of aliphatic carboxylic acids is 1. The third-order valence-corrected chi connectivity index (χ3v) is 4.94. The maximum atomic E-state index is 10.7. The van der Waals surface area contributed by atoms with Gasteiger partial charge in [0.1, 0.15) is 30.1 Å². The van der Waals surface area contributed by atoms with E-state index in [0.717, 1.165) is 0 Å². The van der Waals surface area contributed by atoms with Crippen molar-refractivity contribution in [3.8, 4) is 0 Å². The molecule has 1 aliphatic heterocycles. The summed E-state index contributed by atoms with van der Waals surface area (Å²) >= 11 is 0. The second kappa shape index (κ2) is 8.32. The Morgan fingerprint density at radius 3 is 2.68 bits per heavy atom. The SMILES string of the molecule is Nc1ncnc2c1ncn2[C@@H]1O[C@H](C[C@@H](N)CCC[C@H](N)C(=O)O)C(O)C1O. The minimum Gasteiger partial charge on any atom is -0.480 e. The highest BCUT2D eigenvalue weighted by atomic mass is 16.6. The monoisotopic (exact) mass is 395 g/mol. The molecule has 1 aliphatic rings. The highest BCUT2D eigenvalue weighted by Gasteiger charge is 2.44. The number of fused-ring (bicyclic) bond motifs is 1. The lowest BCUT2D eigenvalue weighted by Crippen LogP contribution is -2.36. The van der Waals surface area contributed by atoms with Crippen LogP contribution in [0.4, 0.5) is 5.82 Å². The number of aliphatic hydroxyl groups excluding tert-OH is 2.